The highest BCUT2D eigenvalue weighted by Crippen LogP contribution is 2.22. The Kier molecular flexibility index (Phi) is 5.90. The van der Waals surface area contributed by atoms with E-state index in [2.05, 4.69) is 54.1 Å². The van der Waals surface area contributed by atoms with E-state index >= 15 is 0 Å². The maximum Gasteiger partial charge on any atom is 0.0544 e. The molecule has 2 N–H and O–H groups in total. The summed E-state index contributed by atoms with van der Waals surface area (Å²) >= 11 is 0. The lowest BCUT2D eigenvalue weighted by Crippen LogP contribution is -2.33. The normalized spacial score (nSPS) is 12.6. The van der Waals surface area contributed by atoms with Crippen LogP contribution in [0.15, 0.2) is 48.7 Å². The second kappa shape index (κ2) is 7.91. The maximum absolute atomic E-state index is 6.04. The number of pyridine rings is 1. The Morgan fingerprint density at radius 2 is 1.86 bits per heavy atom. The number of nitrogens with zero attached hydrogens (tertiary/aromatic N) is 2. The van der Waals surface area contributed by atoms with Crippen molar-refractivity contribution >= 4 is 0 Å². The number of rotatable bonds is 7. The summed E-state index contributed by atoms with van der Waals surface area (Å²) in [6, 6.07) is 15.1. The Morgan fingerprint density at radius 1 is 1.10 bits per heavy atom. The summed E-state index contributed by atoms with van der Waals surface area (Å²) in [7, 11) is 0. The third kappa shape index (κ3) is 4.13. The van der Waals surface area contributed by atoms with Crippen LogP contribution in [0.5, 0.6) is 0 Å². The third-order valence-corrected chi connectivity index (χ3v) is 3.93. The first kappa shape index (κ1) is 15.7. The van der Waals surface area contributed by atoms with E-state index in [1.165, 1.54) is 11.1 Å². The van der Waals surface area contributed by atoms with E-state index in [-0.39, 0.29) is 6.04 Å². The van der Waals surface area contributed by atoms with Crippen LogP contribution in [0.1, 0.15) is 36.7 Å². The number of aryl methyl sites for hydroxylation is 1. The summed E-state index contributed by atoms with van der Waals surface area (Å²) in [5.74, 6) is 0. The van der Waals surface area contributed by atoms with Crippen LogP contribution in [0, 0.1) is 0 Å². The van der Waals surface area contributed by atoms with Crippen molar-refractivity contribution in [1.29, 1.82) is 0 Å². The van der Waals surface area contributed by atoms with Gasteiger partial charge >= 0.3 is 0 Å². The van der Waals surface area contributed by atoms with E-state index in [4.69, 9.17) is 5.73 Å². The first-order valence-electron chi connectivity index (χ1n) is 7.71. The Bertz CT molecular complexity index is 522. The number of benzene rings is 1. The molecule has 0 aliphatic heterocycles. The van der Waals surface area contributed by atoms with Gasteiger partial charge in [0.15, 0.2) is 0 Å². The van der Waals surface area contributed by atoms with Gasteiger partial charge < -0.3 is 5.73 Å². The molecule has 0 radical (unpaired) electrons. The number of likely N-dealkylation sites (N-methyl/N-ethyl adjacent to an activating group) is 1. The van der Waals surface area contributed by atoms with Crippen molar-refractivity contribution in [3.8, 4) is 0 Å². The lowest BCUT2D eigenvalue weighted by molar-refractivity contribution is 0.201. The molecule has 3 nitrogen and oxygen atoms in total. The lowest BCUT2D eigenvalue weighted by atomic mass is 10.0. The highest BCUT2D eigenvalue weighted by molar-refractivity contribution is 5.25. The molecule has 0 amide bonds. The van der Waals surface area contributed by atoms with Crippen molar-refractivity contribution in [1.82, 2.24) is 9.88 Å². The second-order valence-electron chi connectivity index (χ2n) is 5.23. The third-order valence-electron chi connectivity index (χ3n) is 3.93. The quantitative estimate of drug-likeness (QED) is 0.848. The van der Waals surface area contributed by atoms with Gasteiger partial charge in [-0.05, 0) is 36.2 Å². The summed E-state index contributed by atoms with van der Waals surface area (Å²) in [6.45, 7) is 6.75. The van der Waals surface area contributed by atoms with Crippen LogP contribution >= 0.6 is 0 Å². The Hall–Kier alpha value is -1.71. The van der Waals surface area contributed by atoms with Gasteiger partial charge in [-0.25, -0.2) is 0 Å². The van der Waals surface area contributed by atoms with Gasteiger partial charge in [0.05, 0.1) is 5.69 Å². The second-order valence-corrected chi connectivity index (χ2v) is 5.23. The first-order chi connectivity index (χ1) is 10.3. The zero-order valence-corrected chi connectivity index (χ0v) is 13.0. The van der Waals surface area contributed by atoms with Gasteiger partial charge in [0.1, 0.15) is 0 Å². The number of hydrogen-bond donors (Lipinski definition) is 1. The molecule has 2 rings (SSSR count). The van der Waals surface area contributed by atoms with Gasteiger partial charge in [-0.1, -0.05) is 44.2 Å². The van der Waals surface area contributed by atoms with Crippen LogP contribution < -0.4 is 5.73 Å². The van der Waals surface area contributed by atoms with Gasteiger partial charge in [-0.15, -0.1) is 0 Å². The van der Waals surface area contributed by atoms with E-state index in [1.54, 1.807) is 0 Å². The molecule has 0 aliphatic carbocycles. The lowest BCUT2D eigenvalue weighted by Gasteiger charge is -2.30. The largest absolute Gasteiger partial charge is 0.329 e. The van der Waals surface area contributed by atoms with Crippen molar-refractivity contribution in [2.24, 2.45) is 5.73 Å². The summed E-state index contributed by atoms with van der Waals surface area (Å²) in [4.78, 5) is 6.80. The molecule has 21 heavy (non-hydrogen) atoms. The Morgan fingerprint density at radius 3 is 2.38 bits per heavy atom. The molecule has 1 aromatic carbocycles. The molecule has 0 aliphatic rings. The van der Waals surface area contributed by atoms with Crippen LogP contribution in [-0.4, -0.2) is 23.0 Å². The fourth-order valence-corrected chi connectivity index (χ4v) is 2.61. The zero-order chi connectivity index (χ0) is 15.1. The molecule has 1 aromatic heterocycles. The first-order valence-corrected chi connectivity index (χ1v) is 7.71. The highest BCUT2D eigenvalue weighted by atomic mass is 15.2. The fraction of sp³-hybridized carbons (Fsp3) is 0.389. The minimum absolute atomic E-state index is 0.239. The molecular weight excluding hydrogens is 258 g/mol. The monoisotopic (exact) mass is 283 g/mol. The van der Waals surface area contributed by atoms with Gasteiger partial charge in [-0.2, -0.15) is 0 Å². The molecular formula is C18H25N3. The topological polar surface area (TPSA) is 42.1 Å². The summed E-state index contributed by atoms with van der Waals surface area (Å²) in [5, 5.41) is 0. The number of aromatic nitrogens is 1. The molecule has 112 valence electrons. The summed E-state index contributed by atoms with van der Waals surface area (Å²) in [5.41, 5.74) is 9.78. The molecule has 1 heterocycles. The Labute approximate surface area is 127 Å². The molecule has 0 saturated carbocycles. The fourth-order valence-electron chi connectivity index (χ4n) is 2.61. The summed E-state index contributed by atoms with van der Waals surface area (Å²) < 4.78 is 0. The summed E-state index contributed by atoms with van der Waals surface area (Å²) in [6.07, 6.45) is 2.91. The van der Waals surface area contributed by atoms with E-state index in [0.29, 0.717) is 6.54 Å². The van der Waals surface area contributed by atoms with E-state index in [9.17, 15) is 0 Å². The minimum atomic E-state index is 0.239. The maximum atomic E-state index is 6.04. The smallest absolute Gasteiger partial charge is 0.0544 e. The molecule has 0 spiro atoms. The predicted octanol–water partition coefficient (Wildman–Crippen LogP) is 3.17. The minimum Gasteiger partial charge on any atom is -0.329 e. The predicted molar refractivity (Wildman–Crippen MR) is 87.9 cm³/mol. The van der Waals surface area contributed by atoms with Crippen molar-refractivity contribution in [3.05, 3.63) is 65.5 Å². The average molecular weight is 283 g/mol. The zero-order valence-electron chi connectivity index (χ0n) is 13.0. The number of nitrogens with two attached hydrogens (primary N) is 1. The van der Waals surface area contributed by atoms with Crippen molar-refractivity contribution < 1.29 is 0 Å². The SMILES string of the molecule is CCc1ccc(C(CN)N(CC)Cc2ccccn2)cc1. The van der Waals surface area contributed by atoms with Crippen LogP contribution in [0.2, 0.25) is 0 Å². The van der Waals surface area contributed by atoms with Crippen LogP contribution in [-0.2, 0) is 13.0 Å². The Balaban J connectivity index is 2.16. The van der Waals surface area contributed by atoms with E-state index < -0.39 is 0 Å². The van der Waals surface area contributed by atoms with Crippen molar-refractivity contribution in [3.63, 3.8) is 0 Å². The van der Waals surface area contributed by atoms with Gasteiger partial charge in [0.25, 0.3) is 0 Å². The molecule has 1 atom stereocenters. The van der Waals surface area contributed by atoms with E-state index in [0.717, 1.165) is 25.2 Å². The van der Waals surface area contributed by atoms with Gasteiger partial charge in [0.2, 0.25) is 0 Å². The number of hydrogen-bond acceptors (Lipinski definition) is 3. The molecule has 0 saturated heterocycles. The standard InChI is InChI=1S/C18H25N3/c1-3-15-8-10-16(11-9-15)18(13-19)21(4-2)14-17-7-5-6-12-20-17/h5-12,18H,3-4,13-14,19H2,1-2H3. The van der Waals surface area contributed by atoms with Crippen LogP contribution in [0.25, 0.3) is 0 Å². The molecule has 2 aromatic rings. The van der Waals surface area contributed by atoms with Crippen molar-refractivity contribution in [2.45, 2.75) is 32.9 Å². The van der Waals surface area contributed by atoms with Gasteiger partial charge in [-0.3, -0.25) is 9.88 Å². The van der Waals surface area contributed by atoms with E-state index in [1.807, 2.05) is 18.3 Å². The average Bonchev–Trinajstić information content (AvgIpc) is 2.56. The molecule has 3 heteroatoms. The molecule has 0 fully saturated rings. The molecule has 1 unspecified atom stereocenters. The highest BCUT2D eigenvalue weighted by Gasteiger charge is 2.18. The molecule has 0 bridgehead atoms. The van der Waals surface area contributed by atoms with Crippen LogP contribution in [0.4, 0.5) is 0 Å². The van der Waals surface area contributed by atoms with Crippen molar-refractivity contribution in [2.75, 3.05) is 13.1 Å². The van der Waals surface area contributed by atoms with Gasteiger partial charge in [0, 0.05) is 25.3 Å². The van der Waals surface area contributed by atoms with Crippen LogP contribution in [0.3, 0.4) is 0 Å².